The molecule has 0 atom stereocenters. The van der Waals surface area contributed by atoms with Gasteiger partial charge in [-0.1, -0.05) is 12.1 Å². The van der Waals surface area contributed by atoms with E-state index in [1.165, 1.54) is 4.57 Å². The van der Waals surface area contributed by atoms with Crippen LogP contribution >= 0.6 is 0 Å². The van der Waals surface area contributed by atoms with Crippen molar-refractivity contribution in [2.75, 3.05) is 17.2 Å². The third-order valence-electron chi connectivity index (χ3n) is 4.44. The fraction of sp³-hybridized carbons (Fsp3) is 0.211. The number of hydrogen-bond donors (Lipinski definition) is 2. The van der Waals surface area contributed by atoms with Crippen LogP contribution in [0.25, 0.3) is 11.0 Å². The highest BCUT2D eigenvalue weighted by atomic mass is 16.5. The molecule has 0 saturated carbocycles. The van der Waals surface area contributed by atoms with E-state index >= 15 is 0 Å². The second kappa shape index (κ2) is 6.64. The second-order valence-electron chi connectivity index (χ2n) is 6.20. The van der Waals surface area contributed by atoms with Crippen LogP contribution in [0.1, 0.15) is 6.92 Å². The molecule has 0 spiro atoms. The molecule has 1 aliphatic heterocycles. The van der Waals surface area contributed by atoms with E-state index in [4.69, 9.17) is 4.74 Å². The fourth-order valence-electron chi connectivity index (χ4n) is 3.24. The molecule has 2 heterocycles. The summed E-state index contributed by atoms with van der Waals surface area (Å²) in [5, 5.41) is 5.45. The summed E-state index contributed by atoms with van der Waals surface area (Å²) < 4.78 is 8.39. The summed E-state index contributed by atoms with van der Waals surface area (Å²) in [5.41, 5.74) is 2.30. The van der Waals surface area contributed by atoms with Crippen molar-refractivity contribution in [2.45, 2.75) is 20.0 Å². The third-order valence-corrected chi connectivity index (χ3v) is 4.44. The topological polar surface area (TPSA) is 94.4 Å². The van der Waals surface area contributed by atoms with Gasteiger partial charge in [-0.15, -0.1) is 0 Å². The summed E-state index contributed by atoms with van der Waals surface area (Å²) in [6.07, 6.45) is 0. The summed E-state index contributed by atoms with van der Waals surface area (Å²) in [6, 6.07) is 12.4. The number of rotatable bonds is 4. The van der Waals surface area contributed by atoms with Gasteiger partial charge in [0.2, 0.25) is 5.91 Å². The minimum atomic E-state index is -0.334. The zero-order chi connectivity index (χ0) is 19.0. The van der Waals surface area contributed by atoms with E-state index in [1.807, 2.05) is 31.2 Å². The van der Waals surface area contributed by atoms with E-state index in [-0.39, 0.29) is 30.7 Å². The van der Waals surface area contributed by atoms with Gasteiger partial charge in [0.05, 0.1) is 16.7 Å². The van der Waals surface area contributed by atoms with Crippen molar-refractivity contribution in [1.82, 2.24) is 9.13 Å². The van der Waals surface area contributed by atoms with Crippen molar-refractivity contribution in [3.63, 3.8) is 0 Å². The maximum Gasteiger partial charge on any atom is 0.329 e. The van der Waals surface area contributed by atoms with E-state index in [9.17, 15) is 14.4 Å². The summed E-state index contributed by atoms with van der Waals surface area (Å²) in [7, 11) is 0. The van der Waals surface area contributed by atoms with Gasteiger partial charge < -0.3 is 15.4 Å². The number of carbonyl (C=O) groups excluding carboxylic acids is 2. The van der Waals surface area contributed by atoms with Crippen LogP contribution in [0.3, 0.4) is 0 Å². The van der Waals surface area contributed by atoms with Crippen molar-refractivity contribution in [3.8, 4) is 5.75 Å². The maximum atomic E-state index is 12.6. The van der Waals surface area contributed by atoms with E-state index in [1.54, 1.807) is 22.8 Å². The minimum Gasteiger partial charge on any atom is -0.482 e. The molecule has 0 bridgehead atoms. The van der Waals surface area contributed by atoms with Crippen LogP contribution in [0.15, 0.2) is 47.3 Å². The van der Waals surface area contributed by atoms with E-state index in [0.29, 0.717) is 29.2 Å². The standard InChI is InChI=1S/C19H18N4O4/c1-2-22-14-5-3-4-6-15(14)23(19(22)26)10-17(24)20-12-7-8-16-13(9-12)21-18(25)11-27-16/h3-9H,2,10-11H2,1H3,(H,20,24)(H,21,25). The first-order valence-corrected chi connectivity index (χ1v) is 8.61. The van der Waals surface area contributed by atoms with Gasteiger partial charge in [-0.05, 0) is 37.3 Å². The van der Waals surface area contributed by atoms with E-state index in [0.717, 1.165) is 5.52 Å². The Balaban J connectivity index is 1.58. The number of benzene rings is 2. The molecule has 2 amide bonds. The molecule has 2 N–H and O–H groups in total. The van der Waals surface area contributed by atoms with Gasteiger partial charge in [0.25, 0.3) is 5.91 Å². The van der Waals surface area contributed by atoms with Crippen LogP contribution in [0.5, 0.6) is 5.75 Å². The number of carbonyl (C=O) groups is 2. The average Bonchev–Trinajstić information content (AvgIpc) is 2.92. The molecule has 3 aromatic rings. The molecule has 8 nitrogen and oxygen atoms in total. The molecule has 0 aliphatic carbocycles. The lowest BCUT2D eigenvalue weighted by atomic mass is 10.2. The smallest absolute Gasteiger partial charge is 0.329 e. The number of hydrogen-bond acceptors (Lipinski definition) is 4. The second-order valence-corrected chi connectivity index (χ2v) is 6.20. The SMILES string of the molecule is CCn1c(=O)n(CC(=O)Nc2ccc3c(c2)NC(=O)CO3)c2ccccc21. The van der Waals surface area contributed by atoms with E-state index < -0.39 is 0 Å². The first-order valence-electron chi connectivity index (χ1n) is 8.61. The molecule has 0 fully saturated rings. The summed E-state index contributed by atoms with van der Waals surface area (Å²) >= 11 is 0. The minimum absolute atomic E-state index is 0.0247. The Morgan fingerprint density at radius 1 is 1.15 bits per heavy atom. The average molecular weight is 366 g/mol. The molecule has 27 heavy (non-hydrogen) atoms. The molecule has 1 aliphatic rings. The van der Waals surface area contributed by atoms with E-state index in [2.05, 4.69) is 10.6 Å². The number of fused-ring (bicyclic) bond motifs is 2. The summed E-state index contributed by atoms with van der Waals surface area (Å²) in [4.78, 5) is 36.6. The Bertz CT molecular complexity index is 1110. The summed E-state index contributed by atoms with van der Waals surface area (Å²) in [5.74, 6) is -0.0288. The number of amides is 2. The van der Waals surface area contributed by atoms with Crippen LogP contribution in [0, 0.1) is 0 Å². The largest absolute Gasteiger partial charge is 0.482 e. The fourth-order valence-corrected chi connectivity index (χ4v) is 3.24. The summed E-state index contributed by atoms with van der Waals surface area (Å²) in [6.45, 7) is 2.29. The highest BCUT2D eigenvalue weighted by Crippen LogP contribution is 2.30. The molecule has 1 aromatic heterocycles. The van der Waals surface area contributed by atoms with Crippen molar-refractivity contribution in [2.24, 2.45) is 0 Å². The number of imidazole rings is 1. The lowest BCUT2D eigenvalue weighted by Gasteiger charge is -2.18. The maximum absolute atomic E-state index is 12.6. The molecule has 2 aromatic carbocycles. The molecule has 0 unspecified atom stereocenters. The number of para-hydroxylation sites is 2. The predicted molar refractivity (Wildman–Crippen MR) is 101 cm³/mol. The highest BCUT2D eigenvalue weighted by molar-refractivity contribution is 5.97. The molecular formula is C19H18N4O4. The third kappa shape index (κ3) is 3.05. The normalized spacial score (nSPS) is 13.0. The van der Waals surface area contributed by atoms with Crippen molar-refractivity contribution >= 4 is 34.2 Å². The van der Waals surface area contributed by atoms with Crippen LogP contribution < -0.4 is 21.1 Å². The molecule has 0 saturated heterocycles. The first kappa shape index (κ1) is 16.9. The Labute approximate surface area is 154 Å². The molecule has 0 radical (unpaired) electrons. The van der Waals surface area contributed by atoms with Gasteiger partial charge in [0.15, 0.2) is 6.61 Å². The van der Waals surface area contributed by atoms with Crippen LogP contribution in [-0.4, -0.2) is 27.6 Å². The Kier molecular flexibility index (Phi) is 4.15. The van der Waals surface area contributed by atoms with Crippen LogP contribution in [0.4, 0.5) is 11.4 Å². The van der Waals surface area contributed by atoms with Gasteiger partial charge in [-0.25, -0.2) is 4.79 Å². The van der Waals surface area contributed by atoms with Crippen molar-refractivity contribution in [3.05, 3.63) is 52.9 Å². The molecular weight excluding hydrogens is 348 g/mol. The Hall–Kier alpha value is -3.55. The quantitative estimate of drug-likeness (QED) is 0.736. The van der Waals surface area contributed by atoms with Gasteiger partial charge in [-0.2, -0.15) is 0 Å². The number of nitrogens with one attached hydrogen (secondary N) is 2. The number of ether oxygens (including phenoxy) is 1. The lowest BCUT2D eigenvalue weighted by Crippen LogP contribution is -2.29. The Morgan fingerprint density at radius 3 is 2.63 bits per heavy atom. The first-order chi connectivity index (χ1) is 13.1. The van der Waals surface area contributed by atoms with Gasteiger partial charge >= 0.3 is 5.69 Å². The molecule has 4 rings (SSSR count). The highest BCUT2D eigenvalue weighted by Gasteiger charge is 2.18. The van der Waals surface area contributed by atoms with Crippen molar-refractivity contribution in [1.29, 1.82) is 0 Å². The zero-order valence-electron chi connectivity index (χ0n) is 14.7. The zero-order valence-corrected chi connectivity index (χ0v) is 14.7. The monoisotopic (exact) mass is 366 g/mol. The van der Waals surface area contributed by atoms with Gasteiger partial charge in [0.1, 0.15) is 12.3 Å². The number of anilines is 2. The van der Waals surface area contributed by atoms with Gasteiger partial charge in [-0.3, -0.25) is 18.7 Å². The predicted octanol–water partition coefficient (Wildman–Crippen LogP) is 1.79. The van der Waals surface area contributed by atoms with Crippen LogP contribution in [0.2, 0.25) is 0 Å². The van der Waals surface area contributed by atoms with Crippen molar-refractivity contribution < 1.29 is 14.3 Å². The van der Waals surface area contributed by atoms with Gasteiger partial charge in [0, 0.05) is 12.2 Å². The lowest BCUT2D eigenvalue weighted by molar-refractivity contribution is -0.118. The number of nitrogens with zero attached hydrogens (tertiary/aromatic N) is 2. The molecule has 8 heteroatoms. The number of aryl methyl sites for hydroxylation is 1. The van der Waals surface area contributed by atoms with Crippen LogP contribution in [-0.2, 0) is 22.7 Å². The Morgan fingerprint density at radius 2 is 1.89 bits per heavy atom. The number of aromatic nitrogens is 2. The molecule has 138 valence electrons.